The van der Waals surface area contributed by atoms with Gasteiger partial charge in [-0.05, 0) is 42.7 Å². The molecule has 0 bridgehead atoms. The van der Waals surface area contributed by atoms with Gasteiger partial charge in [0.1, 0.15) is 0 Å². The zero-order chi connectivity index (χ0) is 18.6. The van der Waals surface area contributed by atoms with Gasteiger partial charge in [-0.15, -0.1) is 0 Å². The zero-order valence-electron chi connectivity index (χ0n) is 15.1. The van der Waals surface area contributed by atoms with Gasteiger partial charge in [0.15, 0.2) is 0 Å². The third-order valence-corrected chi connectivity index (χ3v) is 4.91. The van der Waals surface area contributed by atoms with Crippen LogP contribution in [0.15, 0.2) is 42.7 Å². The van der Waals surface area contributed by atoms with Gasteiger partial charge in [0.25, 0.3) is 5.91 Å². The van der Waals surface area contributed by atoms with Crippen molar-refractivity contribution in [3.8, 4) is 0 Å². The first-order valence-corrected chi connectivity index (χ1v) is 9.21. The van der Waals surface area contributed by atoms with Crippen LogP contribution >= 0.6 is 0 Å². The van der Waals surface area contributed by atoms with Crippen molar-refractivity contribution in [3.05, 3.63) is 53.9 Å². The van der Waals surface area contributed by atoms with Crippen molar-refractivity contribution >= 4 is 23.3 Å². The molecule has 2 aromatic rings. The highest BCUT2D eigenvalue weighted by atomic mass is 16.5. The molecular formula is C20H22N4O3. The summed E-state index contributed by atoms with van der Waals surface area (Å²) in [5, 5.41) is 2.94. The van der Waals surface area contributed by atoms with Crippen LogP contribution in [-0.4, -0.2) is 54.7 Å². The molecule has 7 heteroatoms. The average Bonchev–Trinajstić information content (AvgIpc) is 2.74. The number of hydrogen-bond acceptors (Lipinski definition) is 4. The minimum absolute atomic E-state index is 0.0688. The van der Waals surface area contributed by atoms with Crippen molar-refractivity contribution in [3.63, 3.8) is 0 Å². The number of nitrogens with one attached hydrogen (secondary N) is 1. The molecule has 1 saturated heterocycles. The van der Waals surface area contributed by atoms with Crippen molar-refractivity contribution in [2.45, 2.75) is 12.8 Å². The van der Waals surface area contributed by atoms with E-state index in [0.717, 1.165) is 24.1 Å². The number of pyridine rings is 1. The topological polar surface area (TPSA) is 74.8 Å². The van der Waals surface area contributed by atoms with E-state index in [4.69, 9.17) is 4.74 Å². The van der Waals surface area contributed by atoms with Crippen molar-refractivity contribution in [2.24, 2.45) is 0 Å². The van der Waals surface area contributed by atoms with Gasteiger partial charge >= 0.3 is 6.03 Å². The number of aryl methyl sites for hydroxylation is 1. The molecule has 1 fully saturated rings. The number of fused-ring (bicyclic) bond motifs is 1. The van der Waals surface area contributed by atoms with E-state index in [1.807, 2.05) is 18.2 Å². The molecule has 1 aromatic heterocycles. The molecule has 140 valence electrons. The minimum Gasteiger partial charge on any atom is -0.378 e. The van der Waals surface area contributed by atoms with E-state index in [2.05, 4.69) is 10.3 Å². The van der Waals surface area contributed by atoms with Crippen molar-refractivity contribution in [1.82, 2.24) is 9.88 Å². The number of nitrogens with zero attached hydrogens (tertiary/aromatic N) is 3. The summed E-state index contributed by atoms with van der Waals surface area (Å²) in [5.41, 5.74) is 3.22. The van der Waals surface area contributed by atoms with Crippen LogP contribution in [0.3, 0.4) is 0 Å². The molecule has 1 aromatic carbocycles. The molecule has 0 atom stereocenters. The highest BCUT2D eigenvalue weighted by molar-refractivity contribution is 6.07. The fourth-order valence-corrected chi connectivity index (χ4v) is 3.48. The Morgan fingerprint density at radius 2 is 1.96 bits per heavy atom. The number of urea groups is 1. The molecule has 7 nitrogen and oxygen atoms in total. The maximum Gasteiger partial charge on any atom is 0.322 e. The van der Waals surface area contributed by atoms with Crippen LogP contribution in [0.1, 0.15) is 22.3 Å². The van der Waals surface area contributed by atoms with Gasteiger partial charge in [0.2, 0.25) is 0 Å². The summed E-state index contributed by atoms with van der Waals surface area (Å²) in [6.45, 7) is 2.95. The maximum absolute atomic E-state index is 12.9. The van der Waals surface area contributed by atoms with Gasteiger partial charge in [-0.2, -0.15) is 0 Å². The first-order chi connectivity index (χ1) is 13.2. The van der Waals surface area contributed by atoms with E-state index in [0.29, 0.717) is 44.1 Å². The van der Waals surface area contributed by atoms with Gasteiger partial charge in [-0.1, -0.05) is 6.07 Å². The Hall–Kier alpha value is -2.93. The summed E-state index contributed by atoms with van der Waals surface area (Å²) < 4.78 is 5.29. The van der Waals surface area contributed by atoms with Gasteiger partial charge < -0.3 is 19.9 Å². The number of hydrogen-bond donors (Lipinski definition) is 1. The number of benzene rings is 1. The first kappa shape index (κ1) is 17.5. The van der Waals surface area contributed by atoms with Gasteiger partial charge in [0.05, 0.1) is 18.8 Å². The lowest BCUT2D eigenvalue weighted by Crippen LogP contribution is -2.43. The van der Waals surface area contributed by atoms with Crippen LogP contribution < -0.4 is 10.2 Å². The normalized spacial score (nSPS) is 16.6. The average molecular weight is 366 g/mol. The Kier molecular flexibility index (Phi) is 5.02. The number of carbonyl (C=O) groups is 2. The molecule has 2 aliphatic rings. The Bertz CT molecular complexity index is 834. The Labute approximate surface area is 157 Å². The van der Waals surface area contributed by atoms with Gasteiger partial charge in [0, 0.05) is 43.4 Å². The lowest BCUT2D eigenvalue weighted by atomic mass is 10.00. The van der Waals surface area contributed by atoms with E-state index in [9.17, 15) is 9.59 Å². The molecule has 27 heavy (non-hydrogen) atoms. The van der Waals surface area contributed by atoms with Crippen LogP contribution in [0.2, 0.25) is 0 Å². The van der Waals surface area contributed by atoms with Crippen LogP contribution in [0, 0.1) is 0 Å². The lowest BCUT2D eigenvalue weighted by molar-refractivity contribution is 0.0564. The van der Waals surface area contributed by atoms with E-state index in [1.165, 1.54) is 0 Å². The number of rotatable bonds is 2. The summed E-state index contributed by atoms with van der Waals surface area (Å²) in [4.78, 5) is 32.9. The van der Waals surface area contributed by atoms with Crippen molar-refractivity contribution in [1.29, 1.82) is 0 Å². The predicted octanol–water partition coefficient (Wildman–Crippen LogP) is 2.54. The van der Waals surface area contributed by atoms with Crippen molar-refractivity contribution in [2.75, 3.05) is 43.1 Å². The Balaban J connectivity index is 1.55. The summed E-state index contributed by atoms with van der Waals surface area (Å²) in [6.07, 6.45) is 5.07. The van der Waals surface area contributed by atoms with E-state index in [-0.39, 0.29) is 11.9 Å². The number of ether oxygens (including phenoxy) is 1. The number of carbonyl (C=O) groups excluding carboxylic acids is 2. The molecule has 1 N–H and O–H groups in total. The quantitative estimate of drug-likeness (QED) is 0.886. The largest absolute Gasteiger partial charge is 0.378 e. The molecule has 4 rings (SSSR count). The number of amides is 3. The van der Waals surface area contributed by atoms with Crippen LogP contribution in [0.25, 0.3) is 0 Å². The molecule has 2 aliphatic heterocycles. The minimum atomic E-state index is -0.140. The molecule has 0 aliphatic carbocycles. The number of morpholine rings is 1. The van der Waals surface area contributed by atoms with Crippen molar-refractivity contribution < 1.29 is 14.3 Å². The molecular weight excluding hydrogens is 344 g/mol. The summed E-state index contributed by atoms with van der Waals surface area (Å²) >= 11 is 0. The molecule has 0 spiro atoms. The first-order valence-electron chi connectivity index (χ1n) is 9.21. The molecule has 3 amide bonds. The molecule has 0 radical (unpaired) electrons. The second-order valence-corrected chi connectivity index (χ2v) is 6.68. The molecule has 0 saturated carbocycles. The summed E-state index contributed by atoms with van der Waals surface area (Å²) in [5.74, 6) is -0.0688. The van der Waals surface area contributed by atoms with Gasteiger partial charge in [-0.3, -0.25) is 9.78 Å². The zero-order valence-corrected chi connectivity index (χ0v) is 15.1. The SMILES string of the molecule is O=C(Nc1ccc2c(c1)N(C(=O)c1cccnc1)CCC2)N1CCOCC1. The highest BCUT2D eigenvalue weighted by Gasteiger charge is 2.25. The van der Waals surface area contributed by atoms with Crippen LogP contribution in [0.5, 0.6) is 0 Å². The number of anilines is 2. The fourth-order valence-electron chi connectivity index (χ4n) is 3.48. The van der Waals surface area contributed by atoms with E-state index >= 15 is 0 Å². The smallest absolute Gasteiger partial charge is 0.322 e. The third-order valence-electron chi connectivity index (χ3n) is 4.91. The third kappa shape index (κ3) is 3.78. The highest BCUT2D eigenvalue weighted by Crippen LogP contribution is 2.31. The summed E-state index contributed by atoms with van der Waals surface area (Å²) in [6, 6.07) is 9.17. The lowest BCUT2D eigenvalue weighted by Gasteiger charge is -2.30. The molecule has 0 unspecified atom stereocenters. The second kappa shape index (κ2) is 7.75. The Morgan fingerprint density at radius 1 is 1.11 bits per heavy atom. The predicted molar refractivity (Wildman–Crippen MR) is 102 cm³/mol. The maximum atomic E-state index is 12.9. The van der Waals surface area contributed by atoms with E-state index < -0.39 is 0 Å². The fraction of sp³-hybridized carbons (Fsp3) is 0.350. The molecule has 3 heterocycles. The van der Waals surface area contributed by atoms with Gasteiger partial charge in [-0.25, -0.2) is 4.79 Å². The van der Waals surface area contributed by atoms with Crippen LogP contribution in [-0.2, 0) is 11.2 Å². The monoisotopic (exact) mass is 366 g/mol. The Morgan fingerprint density at radius 3 is 2.74 bits per heavy atom. The number of aromatic nitrogens is 1. The van der Waals surface area contributed by atoms with Crippen LogP contribution in [0.4, 0.5) is 16.2 Å². The standard InChI is InChI=1S/C20H22N4O3/c25-19(16-3-1-7-21-14-16)24-8-2-4-15-5-6-17(13-18(15)24)22-20(26)23-9-11-27-12-10-23/h1,3,5-7,13-14H,2,4,8-12H2,(H,22,26). The second-order valence-electron chi connectivity index (χ2n) is 6.68. The van der Waals surface area contributed by atoms with E-state index in [1.54, 1.807) is 34.3 Å². The summed E-state index contributed by atoms with van der Waals surface area (Å²) in [7, 11) is 0.